The highest BCUT2D eigenvalue weighted by Gasteiger charge is 2.32. The zero-order valence-corrected chi connectivity index (χ0v) is 15.2. The lowest BCUT2D eigenvalue weighted by molar-refractivity contribution is 0.103. The first kappa shape index (κ1) is 17.5. The van der Waals surface area contributed by atoms with Crippen molar-refractivity contribution in [3.05, 3.63) is 47.5 Å². The lowest BCUT2D eigenvalue weighted by Gasteiger charge is -2.18. The van der Waals surface area contributed by atoms with Gasteiger partial charge in [0, 0.05) is 23.2 Å². The number of carbonyl (C=O) groups excluding carboxylic acids is 1. The topological polar surface area (TPSA) is 38.8 Å². The molecule has 0 amide bonds. The van der Waals surface area contributed by atoms with E-state index in [1.165, 1.54) is 0 Å². The van der Waals surface area contributed by atoms with E-state index >= 15 is 0 Å². The highest BCUT2D eigenvalue weighted by molar-refractivity contribution is 6.24. The third kappa shape index (κ3) is 3.27. The number of rotatable bonds is 8. The van der Waals surface area contributed by atoms with Crippen LogP contribution >= 0.6 is 0 Å². The van der Waals surface area contributed by atoms with Gasteiger partial charge in [0.25, 0.3) is 0 Å². The highest BCUT2D eigenvalue weighted by Crippen LogP contribution is 2.45. The van der Waals surface area contributed by atoms with Crippen LogP contribution in [0.1, 0.15) is 36.2 Å². The first-order valence-corrected chi connectivity index (χ1v) is 8.91. The molecule has 0 fully saturated rings. The summed E-state index contributed by atoms with van der Waals surface area (Å²) in [6.07, 6.45) is 0.940. The van der Waals surface area contributed by atoms with Gasteiger partial charge in [0.2, 0.25) is 0 Å². The molecule has 1 aliphatic rings. The Balaban J connectivity index is 1.80. The Morgan fingerprint density at radius 2 is 1.60 bits per heavy atom. The predicted molar refractivity (Wildman–Crippen MR) is 99.8 cm³/mol. The predicted octanol–water partition coefficient (Wildman–Crippen LogP) is 4.02. The number of benzene rings is 2. The highest BCUT2D eigenvalue weighted by atomic mass is 16.5. The Bertz CT molecular complexity index is 766. The maximum absolute atomic E-state index is 12.9. The third-order valence-corrected chi connectivity index (χ3v) is 4.78. The van der Waals surface area contributed by atoms with E-state index in [0.29, 0.717) is 23.5 Å². The summed E-state index contributed by atoms with van der Waals surface area (Å²) in [6.45, 7) is 8.03. The van der Waals surface area contributed by atoms with Crippen molar-refractivity contribution in [1.82, 2.24) is 4.90 Å². The van der Waals surface area contributed by atoms with E-state index in [1.54, 1.807) is 7.11 Å². The molecule has 2 aromatic rings. The van der Waals surface area contributed by atoms with Crippen LogP contribution in [0.2, 0.25) is 0 Å². The molecule has 0 saturated heterocycles. The first-order valence-electron chi connectivity index (χ1n) is 8.91. The van der Waals surface area contributed by atoms with Crippen molar-refractivity contribution in [2.75, 3.05) is 33.4 Å². The van der Waals surface area contributed by atoms with Crippen molar-refractivity contribution in [3.63, 3.8) is 0 Å². The van der Waals surface area contributed by atoms with Gasteiger partial charge in [-0.1, -0.05) is 38.1 Å². The second-order valence-electron chi connectivity index (χ2n) is 6.12. The maximum Gasteiger partial charge on any atom is 0.198 e. The maximum atomic E-state index is 12.9. The molecular weight excluding hydrogens is 314 g/mol. The molecular formula is C21H25NO3. The molecule has 0 heterocycles. The molecule has 132 valence electrons. The summed E-state index contributed by atoms with van der Waals surface area (Å²) in [5.74, 6) is 1.41. The fourth-order valence-corrected chi connectivity index (χ4v) is 3.41. The van der Waals surface area contributed by atoms with E-state index in [9.17, 15) is 4.79 Å². The smallest absolute Gasteiger partial charge is 0.198 e. The van der Waals surface area contributed by atoms with Gasteiger partial charge in [-0.3, -0.25) is 4.79 Å². The van der Waals surface area contributed by atoms with Gasteiger partial charge in [-0.05, 0) is 31.6 Å². The summed E-state index contributed by atoms with van der Waals surface area (Å²) < 4.78 is 11.4. The molecule has 4 heteroatoms. The Hall–Kier alpha value is -2.33. The fraction of sp³-hybridized carbons (Fsp3) is 0.381. The molecule has 0 aromatic heterocycles. The second kappa shape index (κ2) is 7.70. The average molecular weight is 339 g/mol. The van der Waals surface area contributed by atoms with Gasteiger partial charge in [0.1, 0.15) is 11.5 Å². The zero-order chi connectivity index (χ0) is 17.8. The molecule has 4 nitrogen and oxygen atoms in total. The SMILES string of the molecule is CCN(CC)CCCOc1cccc2c1C(=O)c1cccc(OC)c1-2. The number of methoxy groups -OCH3 is 1. The van der Waals surface area contributed by atoms with Crippen LogP contribution < -0.4 is 9.47 Å². The average Bonchev–Trinajstić information content (AvgIpc) is 2.95. The monoisotopic (exact) mass is 339 g/mol. The number of ketones is 1. The number of hydrogen-bond donors (Lipinski definition) is 0. The van der Waals surface area contributed by atoms with Crippen molar-refractivity contribution in [3.8, 4) is 22.6 Å². The quantitative estimate of drug-likeness (QED) is 0.581. The van der Waals surface area contributed by atoms with Gasteiger partial charge in [-0.2, -0.15) is 0 Å². The number of hydrogen-bond acceptors (Lipinski definition) is 4. The summed E-state index contributed by atoms with van der Waals surface area (Å²) in [7, 11) is 1.63. The van der Waals surface area contributed by atoms with Gasteiger partial charge >= 0.3 is 0 Å². The Morgan fingerprint density at radius 1 is 0.920 bits per heavy atom. The molecule has 0 aliphatic heterocycles. The molecule has 0 saturated carbocycles. The largest absolute Gasteiger partial charge is 0.496 e. The molecule has 25 heavy (non-hydrogen) atoms. The van der Waals surface area contributed by atoms with Gasteiger partial charge in [0.05, 0.1) is 19.3 Å². The van der Waals surface area contributed by atoms with Gasteiger partial charge in [0.15, 0.2) is 5.78 Å². The van der Waals surface area contributed by atoms with Crippen molar-refractivity contribution in [1.29, 1.82) is 0 Å². The van der Waals surface area contributed by atoms with E-state index < -0.39 is 0 Å². The minimum Gasteiger partial charge on any atom is -0.496 e. The third-order valence-electron chi connectivity index (χ3n) is 4.78. The normalized spacial score (nSPS) is 12.2. The molecule has 0 atom stereocenters. The summed E-state index contributed by atoms with van der Waals surface area (Å²) in [6, 6.07) is 11.4. The van der Waals surface area contributed by atoms with Crippen LogP contribution in [-0.4, -0.2) is 44.0 Å². The number of fused-ring (bicyclic) bond motifs is 3. The van der Waals surface area contributed by atoms with Crippen LogP contribution in [0.25, 0.3) is 11.1 Å². The number of nitrogens with zero attached hydrogens (tertiary/aromatic N) is 1. The zero-order valence-electron chi connectivity index (χ0n) is 15.2. The molecule has 3 rings (SSSR count). The van der Waals surface area contributed by atoms with Crippen LogP contribution in [-0.2, 0) is 0 Å². The van der Waals surface area contributed by atoms with E-state index in [1.807, 2.05) is 36.4 Å². The molecule has 0 N–H and O–H groups in total. The Kier molecular flexibility index (Phi) is 5.39. The van der Waals surface area contributed by atoms with Crippen LogP contribution in [0.4, 0.5) is 0 Å². The molecule has 0 spiro atoms. The van der Waals surface area contributed by atoms with Crippen LogP contribution in [0.3, 0.4) is 0 Å². The minimum atomic E-state index is 0.0169. The van der Waals surface area contributed by atoms with Crippen molar-refractivity contribution < 1.29 is 14.3 Å². The van der Waals surface area contributed by atoms with Gasteiger partial charge in [-0.25, -0.2) is 0 Å². The standard InChI is InChI=1S/C21H25NO3/c1-4-22(5-2)13-8-14-25-18-12-6-9-15-19-16(21(23)20(15)18)10-7-11-17(19)24-3/h6-7,9-12H,4-5,8,13-14H2,1-3H3. The van der Waals surface area contributed by atoms with E-state index in [0.717, 1.165) is 42.9 Å². The van der Waals surface area contributed by atoms with Crippen molar-refractivity contribution in [2.45, 2.75) is 20.3 Å². The Morgan fingerprint density at radius 3 is 2.28 bits per heavy atom. The molecule has 1 aliphatic carbocycles. The summed E-state index contributed by atoms with van der Waals surface area (Å²) in [4.78, 5) is 15.2. The van der Waals surface area contributed by atoms with Gasteiger partial charge < -0.3 is 14.4 Å². The lowest BCUT2D eigenvalue weighted by Crippen LogP contribution is -2.25. The first-order chi connectivity index (χ1) is 12.2. The van der Waals surface area contributed by atoms with Crippen LogP contribution in [0.5, 0.6) is 11.5 Å². The lowest BCUT2D eigenvalue weighted by atomic mass is 10.0. The van der Waals surface area contributed by atoms with Gasteiger partial charge in [-0.15, -0.1) is 0 Å². The summed E-state index contributed by atoms with van der Waals surface area (Å²) >= 11 is 0. The molecule has 0 unspecified atom stereocenters. The van der Waals surface area contributed by atoms with Crippen LogP contribution in [0, 0.1) is 0 Å². The second-order valence-corrected chi connectivity index (χ2v) is 6.12. The van der Waals surface area contributed by atoms with E-state index in [2.05, 4.69) is 18.7 Å². The van der Waals surface area contributed by atoms with Crippen molar-refractivity contribution >= 4 is 5.78 Å². The molecule has 2 aromatic carbocycles. The Labute approximate surface area is 149 Å². The van der Waals surface area contributed by atoms with Crippen LogP contribution in [0.15, 0.2) is 36.4 Å². The fourth-order valence-electron chi connectivity index (χ4n) is 3.41. The summed E-state index contributed by atoms with van der Waals surface area (Å²) in [5.41, 5.74) is 3.12. The minimum absolute atomic E-state index is 0.0169. The van der Waals surface area contributed by atoms with Crippen molar-refractivity contribution in [2.24, 2.45) is 0 Å². The molecule has 0 radical (unpaired) electrons. The summed E-state index contributed by atoms with van der Waals surface area (Å²) in [5, 5.41) is 0. The number of ether oxygens (including phenoxy) is 2. The van der Waals surface area contributed by atoms with E-state index in [4.69, 9.17) is 9.47 Å². The van der Waals surface area contributed by atoms with E-state index in [-0.39, 0.29) is 5.78 Å². The number of carbonyl (C=O) groups is 1. The molecule has 0 bridgehead atoms.